The molecule has 2 aliphatic rings. The van der Waals surface area contributed by atoms with Crippen molar-refractivity contribution in [1.82, 2.24) is 41.9 Å². The van der Waals surface area contributed by atoms with Crippen LogP contribution in [0, 0.1) is 22.7 Å². The Hall–Kier alpha value is -4.90. The molecule has 7 atom stereocenters. The first-order chi connectivity index (χ1) is 28.6. The molecule has 2 aromatic rings. The van der Waals surface area contributed by atoms with Gasteiger partial charge in [0.1, 0.15) is 41.6 Å². The summed E-state index contributed by atoms with van der Waals surface area (Å²) in [5.41, 5.74) is -0.731. The van der Waals surface area contributed by atoms with E-state index < -0.39 is 89.1 Å². The van der Waals surface area contributed by atoms with Gasteiger partial charge in [0.05, 0.1) is 25.1 Å². The molecule has 17 heteroatoms. The van der Waals surface area contributed by atoms with E-state index in [1.165, 1.54) is 16.4 Å². The SMILES string of the molecule is CC(C)[C@@H]1NC(=O)CN=C(N[C@H](C(=O)N[C@H](C(=O)N[C@H](CC(=O)N2CCCCO2)c2nccs2)[C@@H](C)c2ccccc2)C(C)(C)C)[C@H](C(C)(C)C)NC(=O)[C@H](C(C)C)NC1=O. The zero-order valence-electron chi connectivity index (χ0n) is 37.6. The number of hydrogen-bond donors (Lipinski definition) is 6. The minimum absolute atomic E-state index is 0.0988. The van der Waals surface area contributed by atoms with Gasteiger partial charge in [0, 0.05) is 24.0 Å². The van der Waals surface area contributed by atoms with Gasteiger partial charge in [-0.1, -0.05) is 106 Å². The van der Waals surface area contributed by atoms with Crippen LogP contribution in [0.1, 0.15) is 118 Å². The van der Waals surface area contributed by atoms with Crippen molar-refractivity contribution in [3.05, 3.63) is 52.5 Å². The minimum Gasteiger partial charge on any atom is -0.360 e. The lowest BCUT2D eigenvalue weighted by atomic mass is 9.82. The molecule has 0 unspecified atom stereocenters. The van der Waals surface area contributed by atoms with Crippen LogP contribution in [-0.4, -0.2) is 101 Å². The Morgan fingerprint density at radius 2 is 1.51 bits per heavy atom. The molecule has 0 aliphatic carbocycles. The Balaban J connectivity index is 1.73. The van der Waals surface area contributed by atoms with E-state index in [0.29, 0.717) is 18.2 Å². The van der Waals surface area contributed by atoms with Crippen molar-refractivity contribution in [1.29, 1.82) is 0 Å². The molecule has 1 saturated heterocycles. The van der Waals surface area contributed by atoms with Gasteiger partial charge in [0.2, 0.25) is 35.4 Å². The lowest BCUT2D eigenvalue weighted by Gasteiger charge is -2.39. The van der Waals surface area contributed by atoms with E-state index in [1.807, 2.05) is 92.6 Å². The first kappa shape index (κ1) is 48.8. The molecule has 0 bridgehead atoms. The number of aliphatic imine (C=N–C) groups is 1. The second-order valence-corrected chi connectivity index (χ2v) is 19.8. The molecule has 4 rings (SSSR count). The summed E-state index contributed by atoms with van der Waals surface area (Å²) in [4.78, 5) is 98.6. The topological polar surface area (TPSA) is 212 Å². The fourth-order valence-electron chi connectivity index (χ4n) is 7.20. The quantitative estimate of drug-likeness (QED) is 0.183. The second-order valence-electron chi connectivity index (χ2n) is 18.8. The van der Waals surface area contributed by atoms with Crippen molar-refractivity contribution < 1.29 is 33.6 Å². The summed E-state index contributed by atoms with van der Waals surface area (Å²) in [6.07, 6.45) is 3.17. The Labute approximate surface area is 364 Å². The van der Waals surface area contributed by atoms with Crippen LogP contribution in [0.25, 0.3) is 0 Å². The van der Waals surface area contributed by atoms with Gasteiger partial charge in [0.15, 0.2) is 0 Å². The molecule has 0 saturated carbocycles. The van der Waals surface area contributed by atoms with E-state index in [1.54, 1.807) is 25.4 Å². The monoisotopic (exact) mass is 865 g/mol. The molecule has 1 aromatic heterocycles. The highest BCUT2D eigenvalue weighted by atomic mass is 32.1. The predicted molar refractivity (Wildman–Crippen MR) is 235 cm³/mol. The maximum Gasteiger partial charge on any atom is 0.248 e. The predicted octanol–water partition coefficient (Wildman–Crippen LogP) is 3.76. The van der Waals surface area contributed by atoms with Gasteiger partial charge in [-0.05, 0) is 41.1 Å². The maximum absolute atomic E-state index is 14.9. The zero-order chi connectivity index (χ0) is 45.2. The van der Waals surface area contributed by atoms with Gasteiger partial charge < -0.3 is 31.9 Å². The highest BCUT2D eigenvalue weighted by Gasteiger charge is 2.42. The van der Waals surface area contributed by atoms with Gasteiger partial charge in [-0.3, -0.25) is 38.6 Å². The Bertz CT molecular complexity index is 1850. The van der Waals surface area contributed by atoms with Crippen LogP contribution in [-0.2, 0) is 33.6 Å². The van der Waals surface area contributed by atoms with Crippen molar-refractivity contribution >= 4 is 52.6 Å². The number of rotatable bonds is 12. The number of aromatic nitrogens is 1. The average Bonchev–Trinajstić information content (AvgIpc) is 3.74. The summed E-state index contributed by atoms with van der Waals surface area (Å²) in [6.45, 7) is 20.8. The van der Waals surface area contributed by atoms with E-state index in [4.69, 9.17) is 9.83 Å². The van der Waals surface area contributed by atoms with E-state index in [2.05, 4.69) is 36.9 Å². The molecular weight excluding hydrogens is 799 g/mol. The number of amidine groups is 1. The lowest BCUT2D eigenvalue weighted by molar-refractivity contribution is -0.197. The van der Waals surface area contributed by atoms with Gasteiger partial charge in [-0.25, -0.2) is 10.0 Å². The molecule has 336 valence electrons. The van der Waals surface area contributed by atoms with Gasteiger partial charge in [0.25, 0.3) is 0 Å². The average molecular weight is 866 g/mol. The van der Waals surface area contributed by atoms with E-state index in [-0.39, 0.29) is 30.0 Å². The number of nitrogens with one attached hydrogen (secondary N) is 6. The molecular formula is C44H67N9O7S. The minimum atomic E-state index is -1.13. The number of amides is 6. The zero-order valence-corrected chi connectivity index (χ0v) is 38.4. The van der Waals surface area contributed by atoms with Gasteiger partial charge in [-0.2, -0.15) is 0 Å². The molecule has 6 amide bonds. The molecule has 2 aliphatic heterocycles. The summed E-state index contributed by atoms with van der Waals surface area (Å²) in [6, 6.07) is 3.64. The fourth-order valence-corrected chi connectivity index (χ4v) is 7.89. The number of benzene rings is 1. The van der Waals surface area contributed by atoms with Crippen molar-refractivity contribution in [2.45, 2.75) is 138 Å². The van der Waals surface area contributed by atoms with Crippen LogP contribution in [0.2, 0.25) is 0 Å². The number of carbonyl (C=O) groups is 6. The van der Waals surface area contributed by atoms with Crippen LogP contribution in [0.3, 0.4) is 0 Å². The third-order valence-corrected chi connectivity index (χ3v) is 11.8. The highest BCUT2D eigenvalue weighted by Crippen LogP contribution is 2.28. The van der Waals surface area contributed by atoms with Crippen LogP contribution in [0.15, 0.2) is 46.9 Å². The number of hydroxylamine groups is 2. The summed E-state index contributed by atoms with van der Waals surface area (Å²) in [7, 11) is 0. The standard InChI is InChI=1S/C44H67N9O7S/c1-25(2)32-38(56)49-33(26(3)4)39(57)52-35(43(6,7)8)37(46-24-30(54)48-32)51-36(44(9,10)11)41(59)50-34(27(5)28-17-13-12-14-18-28)40(58)47-29(42-45-19-22-61-42)23-31(55)53-20-15-16-21-60-53/h12-14,17-19,22,25-27,29,32-36H,15-16,20-21,23-24H2,1-11H3,(H,46,51)(H,47,58)(H,48,54)(H,49,56)(H,50,59)(H,52,57)/t27-,29+,32-,33-,34-,35+,36+/m0/s1. The summed E-state index contributed by atoms with van der Waals surface area (Å²) in [5.74, 6) is -3.73. The van der Waals surface area contributed by atoms with Crippen molar-refractivity contribution in [3.63, 3.8) is 0 Å². The molecule has 1 fully saturated rings. The summed E-state index contributed by atoms with van der Waals surface area (Å²) in [5, 5.41) is 21.8. The van der Waals surface area contributed by atoms with E-state index in [9.17, 15) is 28.8 Å². The number of carbonyl (C=O) groups excluding carboxylic acids is 6. The normalized spacial score (nSPS) is 21.7. The van der Waals surface area contributed by atoms with E-state index in [0.717, 1.165) is 18.4 Å². The molecule has 16 nitrogen and oxygen atoms in total. The van der Waals surface area contributed by atoms with Crippen LogP contribution >= 0.6 is 11.3 Å². The number of thiazole rings is 1. The summed E-state index contributed by atoms with van der Waals surface area (Å²) < 4.78 is 0. The molecule has 0 spiro atoms. The molecule has 0 radical (unpaired) electrons. The van der Waals surface area contributed by atoms with Crippen molar-refractivity contribution in [2.75, 3.05) is 19.7 Å². The Morgan fingerprint density at radius 1 is 0.869 bits per heavy atom. The third-order valence-electron chi connectivity index (χ3n) is 10.9. The van der Waals surface area contributed by atoms with Crippen LogP contribution in [0.4, 0.5) is 0 Å². The maximum atomic E-state index is 14.9. The molecule has 6 N–H and O–H groups in total. The van der Waals surface area contributed by atoms with E-state index >= 15 is 0 Å². The Kier molecular flexibility index (Phi) is 17.0. The first-order valence-electron chi connectivity index (χ1n) is 21.3. The van der Waals surface area contributed by atoms with Crippen molar-refractivity contribution in [2.24, 2.45) is 27.7 Å². The Morgan fingerprint density at radius 3 is 2.07 bits per heavy atom. The van der Waals surface area contributed by atoms with Crippen LogP contribution < -0.4 is 31.9 Å². The van der Waals surface area contributed by atoms with Gasteiger partial charge >= 0.3 is 0 Å². The fraction of sp³-hybridized carbons (Fsp3) is 0.636. The van der Waals surface area contributed by atoms with Gasteiger partial charge in [-0.15, -0.1) is 11.3 Å². The third kappa shape index (κ3) is 13.5. The number of nitrogens with zero attached hydrogens (tertiary/aromatic N) is 3. The molecule has 61 heavy (non-hydrogen) atoms. The first-order valence-corrected chi connectivity index (χ1v) is 22.2. The number of hydrogen-bond acceptors (Lipinski definition) is 11. The van der Waals surface area contributed by atoms with Crippen LogP contribution in [0.5, 0.6) is 0 Å². The molecule has 3 heterocycles. The highest BCUT2D eigenvalue weighted by molar-refractivity contribution is 7.09. The summed E-state index contributed by atoms with van der Waals surface area (Å²) >= 11 is 1.31. The smallest absolute Gasteiger partial charge is 0.248 e. The lowest BCUT2D eigenvalue weighted by Crippen LogP contribution is -2.65. The second kappa shape index (κ2) is 21.3. The largest absolute Gasteiger partial charge is 0.360 e. The molecule has 1 aromatic carbocycles. The van der Waals surface area contributed by atoms with Crippen molar-refractivity contribution in [3.8, 4) is 0 Å².